The summed E-state index contributed by atoms with van der Waals surface area (Å²) >= 11 is 2.15. The van der Waals surface area contributed by atoms with Gasteiger partial charge in [-0.25, -0.2) is 0 Å². The van der Waals surface area contributed by atoms with E-state index in [2.05, 4.69) is 29.5 Å². The van der Waals surface area contributed by atoms with Crippen molar-refractivity contribution in [3.63, 3.8) is 0 Å². The van der Waals surface area contributed by atoms with Crippen LogP contribution in [0.25, 0.3) is 0 Å². The Morgan fingerprint density at radius 1 is 1.23 bits per heavy atom. The van der Waals surface area contributed by atoms with E-state index in [4.69, 9.17) is 14.2 Å². The molecule has 0 N–H and O–H groups in total. The molecule has 10 atom stereocenters. The predicted molar refractivity (Wildman–Crippen MR) is 120 cm³/mol. The van der Waals surface area contributed by atoms with Crippen LogP contribution in [0.1, 0.15) is 72.1 Å². The molecule has 4 saturated carbocycles. The molecule has 6 nitrogen and oxygen atoms in total. The molecule has 5 aliphatic rings. The Kier molecular flexibility index (Phi) is 5.38. The van der Waals surface area contributed by atoms with E-state index in [1.165, 1.54) is 6.42 Å². The maximum atomic E-state index is 13.5. The molecular weight excluding hydrogens is 511 g/mol. The van der Waals surface area contributed by atoms with Gasteiger partial charge in [0.25, 0.3) is 0 Å². The highest BCUT2D eigenvalue weighted by atomic mass is 127. The first kappa shape index (κ1) is 22.0. The summed E-state index contributed by atoms with van der Waals surface area (Å²) in [6, 6.07) is 0. The van der Waals surface area contributed by atoms with Crippen LogP contribution in [-0.2, 0) is 28.6 Å². The van der Waals surface area contributed by atoms with Crippen molar-refractivity contribution in [1.82, 2.24) is 0 Å². The van der Waals surface area contributed by atoms with Crippen molar-refractivity contribution < 1.29 is 28.6 Å². The summed E-state index contributed by atoms with van der Waals surface area (Å²) in [5.41, 5.74) is -0.377. The van der Waals surface area contributed by atoms with Gasteiger partial charge in [0.15, 0.2) is 0 Å². The topological polar surface area (TPSA) is 78.9 Å². The number of alkyl halides is 1. The van der Waals surface area contributed by atoms with Crippen LogP contribution in [0.5, 0.6) is 0 Å². The van der Waals surface area contributed by atoms with Crippen molar-refractivity contribution in [1.29, 1.82) is 0 Å². The molecular formula is C24H33IO6. The highest BCUT2D eigenvalue weighted by Crippen LogP contribution is 2.60. The van der Waals surface area contributed by atoms with Crippen LogP contribution < -0.4 is 0 Å². The molecule has 172 valence electrons. The van der Waals surface area contributed by atoms with Gasteiger partial charge in [-0.15, -0.1) is 0 Å². The van der Waals surface area contributed by atoms with E-state index in [0.29, 0.717) is 24.7 Å². The fourth-order valence-corrected chi connectivity index (χ4v) is 8.25. The van der Waals surface area contributed by atoms with Gasteiger partial charge in [0, 0.05) is 11.8 Å². The minimum atomic E-state index is -0.623. The van der Waals surface area contributed by atoms with Crippen LogP contribution in [0.2, 0.25) is 0 Å². The van der Waals surface area contributed by atoms with Gasteiger partial charge in [-0.3, -0.25) is 14.4 Å². The first-order chi connectivity index (χ1) is 14.7. The molecule has 0 radical (unpaired) electrons. The maximum Gasteiger partial charge on any atom is 0.322 e. The molecule has 10 unspecified atom stereocenters. The fraction of sp³-hybridized carbons (Fsp3) is 0.875. The molecule has 5 fully saturated rings. The summed E-state index contributed by atoms with van der Waals surface area (Å²) in [4.78, 5) is 39.1. The van der Waals surface area contributed by atoms with Gasteiger partial charge >= 0.3 is 17.9 Å². The van der Waals surface area contributed by atoms with Gasteiger partial charge in [0.2, 0.25) is 0 Å². The second-order valence-electron chi connectivity index (χ2n) is 10.8. The molecule has 1 saturated heterocycles. The summed E-state index contributed by atoms with van der Waals surface area (Å²) < 4.78 is 17.3. The Balaban J connectivity index is 1.35. The monoisotopic (exact) mass is 544 g/mol. The van der Waals surface area contributed by atoms with Crippen LogP contribution in [0.3, 0.4) is 0 Å². The smallest absolute Gasteiger partial charge is 0.322 e. The van der Waals surface area contributed by atoms with Gasteiger partial charge < -0.3 is 14.2 Å². The van der Waals surface area contributed by atoms with Crippen molar-refractivity contribution in [2.45, 2.75) is 93.4 Å². The van der Waals surface area contributed by atoms with E-state index in [9.17, 15) is 14.4 Å². The summed E-state index contributed by atoms with van der Waals surface area (Å²) in [7, 11) is 0. The third kappa shape index (κ3) is 3.26. The molecule has 31 heavy (non-hydrogen) atoms. The van der Waals surface area contributed by atoms with Crippen LogP contribution in [0, 0.1) is 35.5 Å². The molecule has 4 bridgehead atoms. The van der Waals surface area contributed by atoms with E-state index in [-0.39, 0.29) is 35.3 Å². The number of hydrogen-bond acceptors (Lipinski definition) is 6. The maximum absolute atomic E-state index is 13.5. The minimum Gasteiger partial charge on any atom is -0.459 e. The highest BCUT2D eigenvalue weighted by Gasteiger charge is 2.71. The Labute approximate surface area is 197 Å². The highest BCUT2D eigenvalue weighted by molar-refractivity contribution is 14.1. The zero-order valence-electron chi connectivity index (χ0n) is 18.6. The number of carbonyl (C=O) groups excluding carboxylic acids is 3. The predicted octanol–water partition coefficient (Wildman–Crippen LogP) is 4.21. The van der Waals surface area contributed by atoms with Crippen molar-refractivity contribution in [3.8, 4) is 0 Å². The lowest BCUT2D eigenvalue weighted by Gasteiger charge is -2.39. The Hall–Kier alpha value is -0.860. The molecule has 0 aromatic heterocycles. The lowest BCUT2D eigenvalue weighted by atomic mass is 9.77. The average molecular weight is 544 g/mol. The molecule has 5 rings (SSSR count). The number of ether oxygens (including phenoxy) is 3. The van der Waals surface area contributed by atoms with Crippen LogP contribution in [-0.4, -0.2) is 39.1 Å². The second-order valence-corrected chi connectivity index (χ2v) is 13.1. The third-order valence-corrected chi connectivity index (χ3v) is 10.0. The summed E-state index contributed by atoms with van der Waals surface area (Å²) in [6.07, 6.45) is 6.61. The summed E-state index contributed by atoms with van der Waals surface area (Å²) in [5.74, 6) is -0.991. The standard InChI is InChI=1S/C24H33IO6/c1-4-8-23(3,25)22(28)30-19-15-10-14-16(20(26)29-18(14)19)17(15)21(27)31-24(5-2)11-12-6-7-13(24)9-12/h12-19H,4-11H2,1-3H3. The molecule has 0 aromatic carbocycles. The lowest BCUT2D eigenvalue weighted by molar-refractivity contribution is -0.180. The number of carbonyl (C=O) groups is 3. The molecule has 1 heterocycles. The van der Waals surface area contributed by atoms with Crippen molar-refractivity contribution in [3.05, 3.63) is 0 Å². The molecule has 0 amide bonds. The van der Waals surface area contributed by atoms with Crippen molar-refractivity contribution in [2.24, 2.45) is 35.5 Å². The van der Waals surface area contributed by atoms with E-state index in [0.717, 1.165) is 32.1 Å². The molecule has 0 spiro atoms. The van der Waals surface area contributed by atoms with E-state index < -0.39 is 27.5 Å². The van der Waals surface area contributed by atoms with Crippen LogP contribution in [0.4, 0.5) is 0 Å². The Bertz CT molecular complexity index is 795. The van der Waals surface area contributed by atoms with Crippen molar-refractivity contribution in [2.75, 3.05) is 0 Å². The lowest BCUT2D eigenvalue weighted by Crippen LogP contribution is -2.48. The van der Waals surface area contributed by atoms with Gasteiger partial charge in [0.1, 0.15) is 21.2 Å². The van der Waals surface area contributed by atoms with Gasteiger partial charge in [-0.1, -0.05) is 42.9 Å². The SMILES string of the molecule is CCCC(C)(I)C(=O)OC1C2CC3C1OC(=O)C3C2C(=O)OC1(CC)CC2CCC1C2. The average Bonchev–Trinajstić information content (AvgIpc) is 3.49. The number of hydrogen-bond donors (Lipinski definition) is 0. The van der Waals surface area contributed by atoms with E-state index >= 15 is 0 Å². The van der Waals surface area contributed by atoms with E-state index in [1.54, 1.807) is 0 Å². The zero-order chi connectivity index (χ0) is 22.1. The summed E-state index contributed by atoms with van der Waals surface area (Å²) in [6.45, 7) is 6.02. The van der Waals surface area contributed by atoms with Crippen LogP contribution >= 0.6 is 22.6 Å². The van der Waals surface area contributed by atoms with E-state index in [1.807, 2.05) is 13.8 Å². The first-order valence-corrected chi connectivity index (χ1v) is 13.1. The molecule has 4 aliphatic carbocycles. The first-order valence-electron chi connectivity index (χ1n) is 12.0. The number of esters is 3. The molecule has 0 aromatic rings. The zero-order valence-corrected chi connectivity index (χ0v) is 20.8. The normalized spacial score (nSPS) is 46.1. The summed E-state index contributed by atoms with van der Waals surface area (Å²) in [5, 5.41) is 0. The minimum absolute atomic E-state index is 0.0444. The van der Waals surface area contributed by atoms with Gasteiger partial charge in [-0.05, 0) is 63.7 Å². The second kappa shape index (κ2) is 7.59. The Morgan fingerprint density at radius 2 is 2.00 bits per heavy atom. The molecule has 7 heteroatoms. The van der Waals surface area contributed by atoms with Gasteiger partial charge in [0.05, 0.1) is 11.8 Å². The Morgan fingerprint density at radius 3 is 2.61 bits per heavy atom. The number of fused-ring (bicyclic) bond motifs is 3. The largest absolute Gasteiger partial charge is 0.459 e. The third-order valence-electron chi connectivity index (χ3n) is 9.03. The number of halogens is 1. The van der Waals surface area contributed by atoms with Crippen LogP contribution in [0.15, 0.2) is 0 Å². The fourth-order valence-electron chi connectivity index (χ4n) is 7.58. The number of rotatable bonds is 7. The molecule has 1 aliphatic heterocycles. The quantitative estimate of drug-likeness (QED) is 0.207. The van der Waals surface area contributed by atoms with Crippen molar-refractivity contribution >= 4 is 40.5 Å². The van der Waals surface area contributed by atoms with Gasteiger partial charge in [-0.2, -0.15) is 0 Å².